The summed E-state index contributed by atoms with van der Waals surface area (Å²) in [4.78, 5) is 51.5. The second kappa shape index (κ2) is 7.27. The van der Waals surface area contributed by atoms with Gasteiger partial charge in [-0.05, 0) is 45.2 Å². The first-order chi connectivity index (χ1) is 12.4. The molecule has 0 bridgehead atoms. The molecule has 2 atom stereocenters. The molecule has 1 fully saturated rings. The van der Waals surface area contributed by atoms with Crippen LogP contribution in [-0.4, -0.2) is 58.7 Å². The predicted molar refractivity (Wildman–Crippen MR) is 92.4 cm³/mol. The van der Waals surface area contributed by atoms with E-state index in [1.807, 2.05) is 13.8 Å². The number of hydrogen-bond acceptors (Lipinski definition) is 5. The van der Waals surface area contributed by atoms with Crippen LogP contribution in [0.15, 0.2) is 24.3 Å². The van der Waals surface area contributed by atoms with E-state index >= 15 is 0 Å². The molecule has 0 N–H and O–H groups in total. The molecule has 2 heterocycles. The maximum absolute atomic E-state index is 12.4. The van der Waals surface area contributed by atoms with Crippen molar-refractivity contribution in [2.45, 2.75) is 45.2 Å². The number of benzene rings is 1. The number of carbonyl (C=O) groups excluding carboxylic acids is 4. The number of carbonyl (C=O) groups is 4. The van der Waals surface area contributed by atoms with E-state index in [0.29, 0.717) is 0 Å². The second-order valence-corrected chi connectivity index (χ2v) is 6.83. The fourth-order valence-electron chi connectivity index (χ4n) is 3.69. The molecule has 2 aliphatic rings. The number of likely N-dealkylation sites (tertiary alicyclic amines) is 1. The van der Waals surface area contributed by atoms with E-state index in [1.165, 1.54) is 0 Å². The van der Waals surface area contributed by atoms with Gasteiger partial charge in [-0.1, -0.05) is 12.1 Å². The van der Waals surface area contributed by atoms with Crippen LogP contribution in [-0.2, 0) is 14.3 Å². The van der Waals surface area contributed by atoms with Crippen molar-refractivity contribution in [3.05, 3.63) is 35.4 Å². The third-order valence-electron chi connectivity index (χ3n) is 5.00. The lowest BCUT2D eigenvalue weighted by Gasteiger charge is -2.38. The summed E-state index contributed by atoms with van der Waals surface area (Å²) in [6, 6.07) is 6.63. The van der Waals surface area contributed by atoms with E-state index in [9.17, 15) is 19.2 Å². The first-order valence-electron chi connectivity index (χ1n) is 8.82. The molecule has 2 aliphatic heterocycles. The van der Waals surface area contributed by atoms with Gasteiger partial charge in [0.15, 0.2) is 6.61 Å². The number of rotatable bonds is 4. The molecule has 138 valence electrons. The zero-order chi connectivity index (χ0) is 18.8. The van der Waals surface area contributed by atoms with Crippen LogP contribution < -0.4 is 0 Å². The van der Waals surface area contributed by atoms with Crippen LogP contribution in [0.2, 0.25) is 0 Å². The number of ether oxygens (including phenoxy) is 1. The van der Waals surface area contributed by atoms with E-state index in [-0.39, 0.29) is 35.7 Å². The minimum atomic E-state index is -0.773. The highest BCUT2D eigenvalue weighted by atomic mass is 16.5. The highest BCUT2D eigenvalue weighted by Crippen LogP contribution is 2.23. The van der Waals surface area contributed by atoms with Gasteiger partial charge in [0.2, 0.25) is 0 Å². The zero-order valence-electron chi connectivity index (χ0n) is 14.9. The molecule has 7 nitrogen and oxygen atoms in total. The first-order valence-corrected chi connectivity index (χ1v) is 8.82. The van der Waals surface area contributed by atoms with Gasteiger partial charge in [0.25, 0.3) is 17.7 Å². The molecule has 0 unspecified atom stereocenters. The monoisotopic (exact) mass is 358 g/mol. The minimum absolute atomic E-state index is 0.112. The van der Waals surface area contributed by atoms with Gasteiger partial charge in [-0.2, -0.15) is 0 Å². The highest BCUT2D eigenvalue weighted by molar-refractivity contribution is 6.22. The Labute approximate surface area is 151 Å². The Balaban J connectivity index is 1.56. The van der Waals surface area contributed by atoms with Gasteiger partial charge in [-0.25, -0.2) is 0 Å². The van der Waals surface area contributed by atoms with E-state index in [4.69, 9.17) is 4.74 Å². The summed E-state index contributed by atoms with van der Waals surface area (Å²) >= 11 is 0. The Morgan fingerprint density at radius 2 is 1.58 bits per heavy atom. The lowest BCUT2D eigenvalue weighted by atomic mass is 9.97. The normalized spacial score (nSPS) is 22.4. The van der Waals surface area contributed by atoms with Gasteiger partial charge in [0, 0.05) is 12.1 Å². The lowest BCUT2D eigenvalue weighted by molar-refractivity contribution is -0.154. The maximum atomic E-state index is 12.4. The number of hydrogen-bond donors (Lipinski definition) is 0. The van der Waals surface area contributed by atoms with Crippen molar-refractivity contribution in [1.29, 1.82) is 0 Å². The molecule has 26 heavy (non-hydrogen) atoms. The molecular formula is C19H22N2O5. The van der Waals surface area contributed by atoms with Crippen LogP contribution in [0.1, 0.15) is 53.8 Å². The molecule has 0 saturated carbocycles. The lowest BCUT2D eigenvalue weighted by Crippen LogP contribution is -2.49. The van der Waals surface area contributed by atoms with Gasteiger partial charge in [0.1, 0.15) is 6.54 Å². The van der Waals surface area contributed by atoms with Crippen LogP contribution >= 0.6 is 0 Å². The summed E-state index contributed by atoms with van der Waals surface area (Å²) in [5.74, 6) is -2.06. The largest absolute Gasteiger partial charge is 0.454 e. The van der Waals surface area contributed by atoms with Crippen molar-refractivity contribution in [2.75, 3.05) is 13.2 Å². The SMILES string of the molecule is C[C@H]1CCC[C@H](C)N1C(=O)COC(=O)CN1C(=O)c2ccccc2C1=O. The molecule has 3 rings (SSSR count). The molecule has 0 radical (unpaired) electrons. The van der Waals surface area contributed by atoms with Gasteiger partial charge >= 0.3 is 5.97 Å². The van der Waals surface area contributed by atoms with Crippen molar-refractivity contribution in [3.63, 3.8) is 0 Å². The third kappa shape index (κ3) is 3.34. The van der Waals surface area contributed by atoms with E-state index in [1.54, 1.807) is 29.2 Å². The maximum Gasteiger partial charge on any atom is 0.326 e. The fourth-order valence-corrected chi connectivity index (χ4v) is 3.69. The van der Waals surface area contributed by atoms with Crippen LogP contribution in [0, 0.1) is 0 Å². The summed E-state index contributed by atoms with van der Waals surface area (Å²) in [6.45, 7) is 3.09. The third-order valence-corrected chi connectivity index (χ3v) is 5.00. The summed E-state index contributed by atoms with van der Waals surface area (Å²) in [6.07, 6.45) is 2.93. The van der Waals surface area contributed by atoms with Gasteiger partial charge in [0.05, 0.1) is 11.1 Å². The zero-order valence-corrected chi connectivity index (χ0v) is 14.9. The smallest absolute Gasteiger partial charge is 0.326 e. The molecular weight excluding hydrogens is 336 g/mol. The quantitative estimate of drug-likeness (QED) is 0.603. The molecule has 1 saturated heterocycles. The number of esters is 1. The Morgan fingerprint density at radius 1 is 1.04 bits per heavy atom. The van der Waals surface area contributed by atoms with Crippen molar-refractivity contribution in [1.82, 2.24) is 9.80 Å². The Hall–Kier alpha value is -2.70. The summed E-state index contributed by atoms with van der Waals surface area (Å²) in [5.41, 5.74) is 0.551. The number of piperidine rings is 1. The average molecular weight is 358 g/mol. The predicted octanol–water partition coefficient (Wildman–Crippen LogP) is 1.62. The summed E-state index contributed by atoms with van der Waals surface area (Å²) < 4.78 is 5.03. The topological polar surface area (TPSA) is 84.0 Å². The number of imide groups is 1. The fraction of sp³-hybridized carbons (Fsp3) is 0.474. The van der Waals surface area contributed by atoms with E-state index in [0.717, 1.165) is 24.2 Å². The van der Waals surface area contributed by atoms with E-state index in [2.05, 4.69) is 0 Å². The van der Waals surface area contributed by atoms with Gasteiger partial charge < -0.3 is 9.64 Å². The number of fused-ring (bicyclic) bond motifs is 1. The first kappa shape index (κ1) is 18.1. The van der Waals surface area contributed by atoms with Crippen molar-refractivity contribution >= 4 is 23.7 Å². The number of amides is 3. The minimum Gasteiger partial charge on any atom is -0.454 e. The molecule has 0 aromatic heterocycles. The number of nitrogens with zero attached hydrogens (tertiary/aromatic N) is 2. The Bertz CT molecular complexity index is 715. The van der Waals surface area contributed by atoms with Crippen LogP contribution in [0.4, 0.5) is 0 Å². The highest BCUT2D eigenvalue weighted by Gasteiger charge is 2.37. The van der Waals surface area contributed by atoms with Crippen LogP contribution in [0.5, 0.6) is 0 Å². The second-order valence-electron chi connectivity index (χ2n) is 6.83. The molecule has 1 aromatic carbocycles. The molecule has 0 aliphatic carbocycles. The van der Waals surface area contributed by atoms with Gasteiger partial charge in [-0.3, -0.25) is 24.1 Å². The Kier molecular flexibility index (Phi) is 5.06. The molecule has 1 aromatic rings. The van der Waals surface area contributed by atoms with Crippen LogP contribution in [0.3, 0.4) is 0 Å². The van der Waals surface area contributed by atoms with Crippen LogP contribution in [0.25, 0.3) is 0 Å². The average Bonchev–Trinajstić information content (AvgIpc) is 2.85. The van der Waals surface area contributed by atoms with Crippen molar-refractivity contribution < 1.29 is 23.9 Å². The summed E-state index contributed by atoms with van der Waals surface area (Å²) in [5, 5.41) is 0. The summed E-state index contributed by atoms with van der Waals surface area (Å²) in [7, 11) is 0. The van der Waals surface area contributed by atoms with Crippen molar-refractivity contribution in [2.24, 2.45) is 0 Å². The van der Waals surface area contributed by atoms with Crippen molar-refractivity contribution in [3.8, 4) is 0 Å². The Morgan fingerprint density at radius 3 is 2.12 bits per heavy atom. The molecule has 7 heteroatoms. The molecule has 0 spiro atoms. The molecule has 3 amide bonds. The van der Waals surface area contributed by atoms with Gasteiger partial charge in [-0.15, -0.1) is 0 Å². The standard InChI is InChI=1S/C19H22N2O5/c1-12-6-5-7-13(2)21(12)16(22)11-26-17(23)10-20-18(24)14-8-3-4-9-15(14)19(20)25/h3-4,8-9,12-13H,5-7,10-11H2,1-2H3/t12-,13-/m0/s1. The van der Waals surface area contributed by atoms with E-state index < -0.39 is 24.3 Å².